The fraction of sp³-hybridized carbons (Fsp3) is 0.154. The lowest BCUT2D eigenvalue weighted by Crippen LogP contribution is -2.08. The lowest BCUT2D eigenvalue weighted by molar-refractivity contribution is 1.11. The van der Waals surface area contributed by atoms with Crippen molar-refractivity contribution in [2.75, 3.05) is 19.0 Å². The first kappa shape index (κ1) is 11.7. The van der Waals surface area contributed by atoms with Crippen LogP contribution in [0.1, 0.15) is 0 Å². The molecule has 3 aromatic rings. The minimum atomic E-state index is 0.884. The van der Waals surface area contributed by atoms with Gasteiger partial charge >= 0.3 is 0 Å². The van der Waals surface area contributed by atoms with Crippen LogP contribution in [-0.2, 0) is 0 Å². The molecule has 0 saturated heterocycles. The van der Waals surface area contributed by atoms with Crippen molar-refractivity contribution in [1.82, 2.24) is 9.38 Å². The van der Waals surface area contributed by atoms with E-state index in [1.54, 1.807) is 11.3 Å². The maximum atomic E-state index is 4.60. The summed E-state index contributed by atoms with van der Waals surface area (Å²) in [6, 6.07) is 8.36. The molecule has 0 atom stereocenters. The first-order chi connectivity index (χ1) is 8.66. The Balaban J connectivity index is 2.25. The number of halogens is 1. The van der Waals surface area contributed by atoms with E-state index in [1.165, 1.54) is 10.6 Å². The zero-order valence-corrected chi connectivity index (χ0v) is 12.5. The number of thiophene rings is 1. The third-order valence-corrected chi connectivity index (χ3v) is 4.29. The van der Waals surface area contributed by atoms with Gasteiger partial charge in [-0.15, -0.1) is 11.3 Å². The zero-order chi connectivity index (χ0) is 12.7. The van der Waals surface area contributed by atoms with Crippen molar-refractivity contribution in [1.29, 1.82) is 0 Å². The molecule has 92 valence electrons. The summed E-state index contributed by atoms with van der Waals surface area (Å²) < 4.78 is 3.00. The molecule has 18 heavy (non-hydrogen) atoms. The molecule has 0 bridgehead atoms. The molecule has 0 fully saturated rings. The van der Waals surface area contributed by atoms with E-state index in [-0.39, 0.29) is 0 Å². The van der Waals surface area contributed by atoms with E-state index in [2.05, 4.69) is 60.0 Å². The Hall–Kier alpha value is -1.33. The Labute approximate surface area is 118 Å². The van der Waals surface area contributed by atoms with Crippen LogP contribution >= 0.6 is 27.3 Å². The molecule has 3 nitrogen and oxygen atoms in total. The van der Waals surface area contributed by atoms with Gasteiger partial charge in [-0.25, -0.2) is 4.98 Å². The van der Waals surface area contributed by atoms with Crippen molar-refractivity contribution in [3.8, 4) is 10.7 Å². The third kappa shape index (κ3) is 1.83. The monoisotopic (exact) mass is 321 g/mol. The van der Waals surface area contributed by atoms with Gasteiger partial charge in [0.05, 0.1) is 10.4 Å². The van der Waals surface area contributed by atoms with Crippen molar-refractivity contribution in [3.63, 3.8) is 0 Å². The maximum absolute atomic E-state index is 4.60. The summed E-state index contributed by atoms with van der Waals surface area (Å²) in [5.74, 6) is 0.984. The minimum Gasteiger partial charge on any atom is -0.378 e. The number of pyridine rings is 1. The SMILES string of the molecule is CN(C)c1ccn2c(-c3cccs3)nc(Br)c2c1. The van der Waals surface area contributed by atoms with E-state index in [9.17, 15) is 0 Å². The third-order valence-electron chi connectivity index (χ3n) is 2.84. The predicted molar refractivity (Wildman–Crippen MR) is 80.5 cm³/mol. The van der Waals surface area contributed by atoms with E-state index in [0.29, 0.717) is 0 Å². The van der Waals surface area contributed by atoms with Gasteiger partial charge in [-0.3, -0.25) is 4.40 Å². The number of nitrogens with zero attached hydrogens (tertiary/aromatic N) is 3. The lowest BCUT2D eigenvalue weighted by Gasteiger charge is -2.12. The number of anilines is 1. The molecular formula is C13H12BrN3S. The molecule has 0 N–H and O–H groups in total. The Morgan fingerprint density at radius 3 is 2.83 bits per heavy atom. The molecular weight excluding hydrogens is 310 g/mol. The molecule has 3 heterocycles. The van der Waals surface area contributed by atoms with E-state index in [4.69, 9.17) is 0 Å². The first-order valence-electron chi connectivity index (χ1n) is 5.55. The highest BCUT2D eigenvalue weighted by atomic mass is 79.9. The smallest absolute Gasteiger partial charge is 0.156 e. The lowest BCUT2D eigenvalue weighted by atomic mass is 10.3. The van der Waals surface area contributed by atoms with Crippen LogP contribution in [0.15, 0.2) is 40.4 Å². The Kier molecular flexibility index (Phi) is 2.87. The molecule has 0 aromatic carbocycles. The topological polar surface area (TPSA) is 20.5 Å². The van der Waals surface area contributed by atoms with Gasteiger partial charge in [-0.1, -0.05) is 6.07 Å². The molecule has 0 radical (unpaired) electrons. The van der Waals surface area contributed by atoms with Crippen molar-refractivity contribution < 1.29 is 0 Å². The summed E-state index contributed by atoms with van der Waals surface area (Å²) in [5, 5.41) is 2.07. The number of hydrogen-bond acceptors (Lipinski definition) is 3. The van der Waals surface area contributed by atoms with E-state index in [0.717, 1.165) is 15.9 Å². The number of aromatic nitrogens is 2. The van der Waals surface area contributed by atoms with Gasteiger partial charge in [0.15, 0.2) is 5.82 Å². The van der Waals surface area contributed by atoms with Crippen LogP contribution in [0.4, 0.5) is 5.69 Å². The second-order valence-corrected chi connectivity index (χ2v) is 5.94. The summed E-state index contributed by atoms with van der Waals surface area (Å²) in [6.07, 6.45) is 2.07. The minimum absolute atomic E-state index is 0.884. The molecule has 0 spiro atoms. The summed E-state index contributed by atoms with van der Waals surface area (Å²) in [7, 11) is 4.08. The molecule has 0 amide bonds. The van der Waals surface area contributed by atoms with E-state index < -0.39 is 0 Å². The van der Waals surface area contributed by atoms with Crippen molar-refractivity contribution in [2.24, 2.45) is 0 Å². The van der Waals surface area contributed by atoms with E-state index in [1.807, 2.05) is 20.2 Å². The van der Waals surface area contributed by atoms with Crippen molar-refractivity contribution in [2.45, 2.75) is 0 Å². The van der Waals surface area contributed by atoms with Gasteiger partial charge in [-0.05, 0) is 39.5 Å². The number of fused-ring (bicyclic) bond motifs is 1. The Morgan fingerprint density at radius 2 is 2.17 bits per heavy atom. The summed E-state index contributed by atoms with van der Waals surface area (Å²) in [4.78, 5) is 7.87. The summed E-state index contributed by atoms with van der Waals surface area (Å²) in [5.41, 5.74) is 2.26. The molecule has 0 aliphatic rings. The Morgan fingerprint density at radius 1 is 1.33 bits per heavy atom. The zero-order valence-electron chi connectivity index (χ0n) is 10.1. The summed E-state index contributed by atoms with van der Waals surface area (Å²) in [6.45, 7) is 0. The second-order valence-electron chi connectivity index (χ2n) is 4.24. The fourth-order valence-corrected chi connectivity index (χ4v) is 3.08. The quantitative estimate of drug-likeness (QED) is 0.713. The predicted octanol–water partition coefficient (Wildman–Crippen LogP) is 3.89. The molecule has 0 unspecified atom stereocenters. The normalized spacial score (nSPS) is 11.1. The number of imidazole rings is 1. The average Bonchev–Trinajstić information content (AvgIpc) is 2.97. The van der Waals surface area contributed by atoms with Crippen LogP contribution in [0.5, 0.6) is 0 Å². The highest BCUT2D eigenvalue weighted by Gasteiger charge is 2.12. The van der Waals surface area contributed by atoms with Gasteiger partial charge < -0.3 is 4.90 Å². The van der Waals surface area contributed by atoms with Gasteiger partial charge in [0, 0.05) is 26.0 Å². The van der Waals surface area contributed by atoms with Gasteiger partial charge in [0.2, 0.25) is 0 Å². The molecule has 0 aliphatic heterocycles. The van der Waals surface area contributed by atoms with Gasteiger partial charge in [-0.2, -0.15) is 0 Å². The summed E-state index contributed by atoms with van der Waals surface area (Å²) >= 11 is 5.24. The van der Waals surface area contributed by atoms with Crippen LogP contribution < -0.4 is 4.90 Å². The van der Waals surface area contributed by atoms with Gasteiger partial charge in [0.25, 0.3) is 0 Å². The standard InChI is InChI=1S/C13H12BrN3S/c1-16(2)9-5-6-17-10(8-9)12(14)15-13(17)11-4-3-7-18-11/h3-8H,1-2H3. The fourth-order valence-electron chi connectivity index (χ4n) is 1.89. The second kappa shape index (κ2) is 4.40. The van der Waals surface area contributed by atoms with Gasteiger partial charge in [0.1, 0.15) is 4.60 Å². The number of rotatable bonds is 2. The van der Waals surface area contributed by atoms with Crippen LogP contribution in [-0.4, -0.2) is 23.5 Å². The first-order valence-corrected chi connectivity index (χ1v) is 7.23. The van der Waals surface area contributed by atoms with Crippen LogP contribution in [0.2, 0.25) is 0 Å². The van der Waals surface area contributed by atoms with Crippen molar-refractivity contribution in [3.05, 3.63) is 40.4 Å². The molecule has 5 heteroatoms. The highest BCUT2D eigenvalue weighted by molar-refractivity contribution is 9.10. The Bertz CT molecular complexity index is 686. The molecule has 0 saturated carbocycles. The van der Waals surface area contributed by atoms with E-state index >= 15 is 0 Å². The highest BCUT2D eigenvalue weighted by Crippen LogP contribution is 2.30. The average molecular weight is 322 g/mol. The molecule has 3 aromatic heterocycles. The molecule has 3 rings (SSSR count). The maximum Gasteiger partial charge on any atom is 0.156 e. The van der Waals surface area contributed by atoms with Crippen molar-refractivity contribution >= 4 is 38.5 Å². The van der Waals surface area contributed by atoms with Crippen LogP contribution in [0.3, 0.4) is 0 Å². The van der Waals surface area contributed by atoms with Crippen LogP contribution in [0, 0.1) is 0 Å². The molecule has 0 aliphatic carbocycles. The largest absolute Gasteiger partial charge is 0.378 e. The number of hydrogen-bond donors (Lipinski definition) is 0. The van der Waals surface area contributed by atoms with Crippen LogP contribution in [0.25, 0.3) is 16.2 Å².